The van der Waals surface area contributed by atoms with Gasteiger partial charge in [-0.2, -0.15) is 0 Å². The average Bonchev–Trinajstić information content (AvgIpc) is 2.70. The number of carbonyl (C=O) groups excluding carboxylic acids is 3. The molecule has 0 aromatic rings. The van der Waals surface area contributed by atoms with Crippen molar-refractivity contribution in [1.82, 2.24) is 10.4 Å². The number of amides is 3. The second kappa shape index (κ2) is 7.99. The quantitative estimate of drug-likeness (QED) is 0.480. The summed E-state index contributed by atoms with van der Waals surface area (Å²) in [7, 11) is -4.13. The summed E-state index contributed by atoms with van der Waals surface area (Å²) < 4.78 is 28.9. The van der Waals surface area contributed by atoms with Gasteiger partial charge in [0.1, 0.15) is 0 Å². The molecule has 1 atom stereocenters. The Kier molecular flexibility index (Phi) is 6.75. The fourth-order valence-corrected chi connectivity index (χ4v) is 4.76. The molecule has 0 aromatic heterocycles. The van der Waals surface area contributed by atoms with Gasteiger partial charge in [-0.1, -0.05) is 0 Å². The van der Waals surface area contributed by atoms with E-state index in [9.17, 15) is 18.9 Å². The molecule has 3 amide bonds. The minimum absolute atomic E-state index is 0.0153. The van der Waals surface area contributed by atoms with E-state index in [1.165, 1.54) is 13.8 Å². The Labute approximate surface area is 146 Å². The summed E-state index contributed by atoms with van der Waals surface area (Å²) >= 11 is 0. The molecule has 10 nitrogen and oxygen atoms in total. The summed E-state index contributed by atoms with van der Waals surface area (Å²) in [6, 6.07) is -1.03. The number of allylic oxidation sites excluding steroid dienone is 1. The van der Waals surface area contributed by atoms with Crippen molar-refractivity contribution in [2.45, 2.75) is 39.8 Å². The van der Waals surface area contributed by atoms with Crippen molar-refractivity contribution in [2.75, 3.05) is 19.8 Å². The molecule has 0 bridgehead atoms. The Bertz CT molecular complexity index is 638. The SMILES string of the molecule is CCOC(=O)C1=C(C)N(NC(N)=O)C(=O)C1(C)P(=O)(OCC)OCC. The summed E-state index contributed by atoms with van der Waals surface area (Å²) in [4.78, 5) is 36.6. The van der Waals surface area contributed by atoms with Crippen molar-refractivity contribution in [3.63, 3.8) is 0 Å². The number of ether oxygens (including phenoxy) is 1. The molecule has 1 unspecified atom stereocenters. The molecule has 0 saturated heterocycles. The molecule has 0 spiro atoms. The molecule has 1 heterocycles. The van der Waals surface area contributed by atoms with Crippen LogP contribution in [-0.4, -0.2) is 47.9 Å². The lowest BCUT2D eigenvalue weighted by molar-refractivity contribution is -0.140. The smallest absolute Gasteiger partial charge is 0.350 e. The van der Waals surface area contributed by atoms with E-state index >= 15 is 0 Å². The summed E-state index contributed by atoms with van der Waals surface area (Å²) in [6.45, 7) is 7.41. The second-order valence-corrected chi connectivity index (χ2v) is 7.61. The molecule has 3 N–H and O–H groups in total. The first-order chi connectivity index (χ1) is 11.6. The molecule has 11 heteroatoms. The van der Waals surface area contributed by atoms with Crippen molar-refractivity contribution in [3.8, 4) is 0 Å². The molecule has 0 aliphatic carbocycles. The Balaban J connectivity index is 3.62. The number of nitrogens with two attached hydrogens (primary N) is 1. The molecule has 0 fully saturated rings. The lowest BCUT2D eigenvalue weighted by Crippen LogP contribution is -2.50. The van der Waals surface area contributed by atoms with Crippen LogP contribution in [0.4, 0.5) is 4.79 Å². The van der Waals surface area contributed by atoms with Gasteiger partial charge in [-0.3, -0.25) is 9.36 Å². The van der Waals surface area contributed by atoms with Crippen LogP contribution in [0, 0.1) is 0 Å². The van der Waals surface area contributed by atoms with Crippen LogP contribution in [0.15, 0.2) is 11.3 Å². The molecule has 0 radical (unpaired) electrons. The molecule has 0 saturated carbocycles. The number of carbonyl (C=O) groups is 3. The van der Waals surface area contributed by atoms with E-state index in [1.54, 1.807) is 20.8 Å². The number of hydrogen-bond donors (Lipinski definition) is 2. The van der Waals surface area contributed by atoms with E-state index < -0.39 is 30.7 Å². The lowest BCUT2D eigenvalue weighted by Gasteiger charge is -2.32. The van der Waals surface area contributed by atoms with Gasteiger partial charge in [-0.05, 0) is 34.6 Å². The molecule has 25 heavy (non-hydrogen) atoms. The predicted octanol–water partition coefficient (Wildman–Crippen LogP) is 1.27. The lowest BCUT2D eigenvalue weighted by atomic mass is 10.0. The molecule has 0 aromatic carbocycles. The number of hydrazine groups is 1. The van der Waals surface area contributed by atoms with E-state index in [0.717, 1.165) is 5.01 Å². The number of urea groups is 1. The standard InChI is InChI=1S/C14H24N3O7P/c1-6-22-11(18)10-9(4)17(16-13(15)20)12(19)14(10,5)25(21,23-7-2)24-8-3/h6-8H2,1-5H3,(H3,15,16,20). The number of rotatable bonds is 8. The third kappa shape index (κ3) is 3.56. The van der Waals surface area contributed by atoms with Gasteiger partial charge in [0.05, 0.1) is 31.1 Å². The van der Waals surface area contributed by atoms with E-state index in [1.807, 2.05) is 0 Å². The highest BCUT2D eigenvalue weighted by atomic mass is 31.2. The van der Waals surface area contributed by atoms with Crippen LogP contribution in [0.3, 0.4) is 0 Å². The maximum absolute atomic E-state index is 13.4. The van der Waals surface area contributed by atoms with Crippen molar-refractivity contribution in [2.24, 2.45) is 5.73 Å². The van der Waals surface area contributed by atoms with Crippen molar-refractivity contribution >= 4 is 25.5 Å². The molecular formula is C14H24N3O7P. The van der Waals surface area contributed by atoms with Gasteiger partial charge in [0, 0.05) is 0 Å². The van der Waals surface area contributed by atoms with Crippen molar-refractivity contribution in [1.29, 1.82) is 0 Å². The van der Waals surface area contributed by atoms with Gasteiger partial charge in [0.2, 0.25) is 0 Å². The highest BCUT2D eigenvalue weighted by Gasteiger charge is 2.64. The zero-order valence-corrected chi connectivity index (χ0v) is 15.8. The van der Waals surface area contributed by atoms with E-state index in [-0.39, 0.29) is 31.1 Å². The van der Waals surface area contributed by atoms with Crippen LogP contribution >= 0.6 is 7.60 Å². The number of nitrogens with one attached hydrogen (secondary N) is 1. The first-order valence-corrected chi connectivity index (χ1v) is 9.33. The average molecular weight is 377 g/mol. The molecule has 1 rings (SSSR count). The fraction of sp³-hybridized carbons (Fsp3) is 0.643. The highest BCUT2D eigenvalue weighted by Crippen LogP contribution is 2.65. The fourth-order valence-electron chi connectivity index (χ4n) is 2.62. The Morgan fingerprint density at radius 3 is 2.12 bits per heavy atom. The van der Waals surface area contributed by atoms with E-state index in [2.05, 4.69) is 5.43 Å². The highest BCUT2D eigenvalue weighted by molar-refractivity contribution is 7.57. The number of primary amides is 1. The Morgan fingerprint density at radius 2 is 1.72 bits per heavy atom. The minimum atomic E-state index is -4.13. The number of hydrogen-bond acceptors (Lipinski definition) is 7. The normalized spacial score (nSPS) is 20.8. The van der Waals surface area contributed by atoms with Gasteiger partial charge >= 0.3 is 19.6 Å². The maximum Gasteiger partial charge on any atom is 0.350 e. The summed E-state index contributed by atoms with van der Waals surface area (Å²) in [6.07, 6.45) is 0. The summed E-state index contributed by atoms with van der Waals surface area (Å²) in [5, 5.41) is -1.23. The van der Waals surface area contributed by atoms with Crippen LogP contribution in [0.1, 0.15) is 34.6 Å². The molecule has 142 valence electrons. The van der Waals surface area contributed by atoms with Gasteiger partial charge in [0.25, 0.3) is 5.91 Å². The largest absolute Gasteiger partial charge is 0.463 e. The van der Waals surface area contributed by atoms with Gasteiger partial charge < -0.3 is 19.5 Å². The van der Waals surface area contributed by atoms with Crippen LogP contribution < -0.4 is 11.2 Å². The molecular weight excluding hydrogens is 353 g/mol. The summed E-state index contributed by atoms with van der Waals surface area (Å²) in [5.41, 5.74) is 7.00. The predicted molar refractivity (Wildman–Crippen MR) is 88.2 cm³/mol. The van der Waals surface area contributed by atoms with Gasteiger partial charge in [-0.15, -0.1) is 0 Å². The van der Waals surface area contributed by atoms with Crippen LogP contribution in [0.25, 0.3) is 0 Å². The van der Waals surface area contributed by atoms with Crippen molar-refractivity contribution < 1.29 is 32.7 Å². The zero-order chi connectivity index (χ0) is 19.4. The number of nitrogens with zero attached hydrogens (tertiary/aromatic N) is 1. The topological polar surface area (TPSA) is 137 Å². The number of esters is 1. The first-order valence-electron chi connectivity index (χ1n) is 7.78. The van der Waals surface area contributed by atoms with Crippen molar-refractivity contribution in [3.05, 3.63) is 11.3 Å². The summed E-state index contributed by atoms with van der Waals surface area (Å²) in [5.74, 6) is -1.72. The first kappa shape index (κ1) is 21.1. The third-order valence-electron chi connectivity index (χ3n) is 3.65. The van der Waals surface area contributed by atoms with E-state index in [0.29, 0.717) is 0 Å². The Hall–Kier alpha value is -1.90. The third-order valence-corrected chi connectivity index (χ3v) is 6.36. The zero-order valence-electron chi connectivity index (χ0n) is 15.0. The van der Waals surface area contributed by atoms with Crippen LogP contribution in [0.5, 0.6) is 0 Å². The van der Waals surface area contributed by atoms with Crippen LogP contribution in [-0.2, 0) is 27.9 Å². The van der Waals surface area contributed by atoms with Crippen LogP contribution in [0.2, 0.25) is 0 Å². The molecule has 1 aliphatic rings. The monoisotopic (exact) mass is 377 g/mol. The maximum atomic E-state index is 13.4. The van der Waals surface area contributed by atoms with Gasteiger partial charge in [0.15, 0.2) is 5.16 Å². The van der Waals surface area contributed by atoms with Gasteiger partial charge in [-0.25, -0.2) is 20.0 Å². The molecule has 1 aliphatic heterocycles. The minimum Gasteiger partial charge on any atom is -0.463 e. The van der Waals surface area contributed by atoms with E-state index in [4.69, 9.17) is 19.5 Å². The Morgan fingerprint density at radius 1 is 1.20 bits per heavy atom. The second-order valence-electron chi connectivity index (χ2n) is 5.20.